The number of hydrogen-bond acceptors (Lipinski definition) is 7. The van der Waals surface area contributed by atoms with Gasteiger partial charge >= 0.3 is 0 Å². The van der Waals surface area contributed by atoms with E-state index in [0.717, 1.165) is 48.0 Å². The lowest BCUT2D eigenvalue weighted by Gasteiger charge is -2.20. The first-order chi connectivity index (χ1) is 14.8. The van der Waals surface area contributed by atoms with Crippen molar-refractivity contribution in [1.82, 2.24) is 15.9 Å². The first-order valence-corrected chi connectivity index (χ1v) is 10.2. The number of benzene rings is 2. The summed E-state index contributed by atoms with van der Waals surface area (Å²) in [7, 11) is 1.68. The second kappa shape index (κ2) is 8.02. The zero-order valence-corrected chi connectivity index (χ0v) is 16.9. The summed E-state index contributed by atoms with van der Waals surface area (Å²) in [5, 5.41) is 19.5. The fourth-order valence-electron chi connectivity index (χ4n) is 4.04. The highest BCUT2D eigenvalue weighted by Crippen LogP contribution is 2.30. The Morgan fingerprint density at radius 3 is 2.63 bits per heavy atom. The molecule has 7 nitrogen and oxygen atoms in total. The van der Waals surface area contributed by atoms with Crippen molar-refractivity contribution in [3.05, 3.63) is 76.9 Å². The van der Waals surface area contributed by atoms with E-state index in [-0.39, 0.29) is 0 Å². The van der Waals surface area contributed by atoms with Gasteiger partial charge < -0.3 is 10.1 Å². The van der Waals surface area contributed by atoms with Crippen LogP contribution in [0.3, 0.4) is 0 Å². The monoisotopic (exact) mass is 400 g/mol. The number of rotatable bonds is 5. The fraction of sp³-hybridized carbons (Fsp3) is 0.261. The molecule has 0 saturated carbocycles. The predicted molar refractivity (Wildman–Crippen MR) is 118 cm³/mol. The van der Waals surface area contributed by atoms with Gasteiger partial charge in [-0.3, -0.25) is 5.01 Å². The van der Waals surface area contributed by atoms with Gasteiger partial charge in [0.15, 0.2) is 5.84 Å². The number of methoxy groups -OCH3 is 1. The summed E-state index contributed by atoms with van der Waals surface area (Å²) < 4.78 is 5.28. The van der Waals surface area contributed by atoms with E-state index in [1.807, 2.05) is 30.3 Å². The summed E-state index contributed by atoms with van der Waals surface area (Å²) in [5.41, 5.74) is 9.67. The minimum Gasteiger partial charge on any atom is -0.497 e. The lowest BCUT2D eigenvalue weighted by molar-refractivity contribution is 0.302. The standard InChI is InChI=1S/C23H24N6O/c1-30-19-10-7-17(8-11-19)14-29-15-18-9-12-20-21(18)22(26-28-25-20)23(27-29)24-13-16-5-3-2-4-6-16/h2-8,10-11,28H,9,12-15H2,1H3,(H,24,27). The van der Waals surface area contributed by atoms with Crippen LogP contribution in [0.15, 0.2) is 81.0 Å². The number of hydrogen-bond donors (Lipinski definition) is 2. The molecule has 0 amide bonds. The maximum atomic E-state index is 5.28. The van der Waals surface area contributed by atoms with E-state index < -0.39 is 0 Å². The molecule has 0 saturated heterocycles. The van der Waals surface area contributed by atoms with Gasteiger partial charge in [0.25, 0.3) is 0 Å². The molecule has 30 heavy (non-hydrogen) atoms. The topological polar surface area (TPSA) is 73.6 Å². The minimum atomic E-state index is 0.685. The Hall–Kier alpha value is -3.61. The van der Waals surface area contributed by atoms with Crippen LogP contribution in [-0.2, 0) is 13.1 Å². The van der Waals surface area contributed by atoms with Crippen molar-refractivity contribution in [2.24, 2.45) is 15.3 Å². The van der Waals surface area contributed by atoms with Gasteiger partial charge in [0, 0.05) is 12.1 Å². The summed E-state index contributed by atoms with van der Waals surface area (Å²) in [5.74, 6) is 1.63. The molecule has 0 bridgehead atoms. The van der Waals surface area contributed by atoms with Crippen molar-refractivity contribution >= 4 is 17.3 Å². The molecule has 2 N–H and O–H groups in total. The molecule has 152 valence electrons. The fourth-order valence-corrected chi connectivity index (χ4v) is 4.04. The Bertz CT molecular complexity index is 1050. The van der Waals surface area contributed by atoms with Crippen LogP contribution in [0.25, 0.3) is 0 Å². The number of nitrogens with zero attached hydrogens (tertiary/aromatic N) is 4. The highest BCUT2D eigenvalue weighted by Gasteiger charge is 2.33. The lowest BCUT2D eigenvalue weighted by atomic mass is 10.0. The summed E-state index contributed by atoms with van der Waals surface area (Å²) in [6.45, 7) is 2.17. The van der Waals surface area contributed by atoms with Crippen LogP contribution < -0.4 is 15.6 Å². The van der Waals surface area contributed by atoms with Crippen molar-refractivity contribution < 1.29 is 4.74 Å². The van der Waals surface area contributed by atoms with Crippen LogP contribution in [0.2, 0.25) is 0 Å². The second-order valence-corrected chi connectivity index (χ2v) is 7.56. The average Bonchev–Trinajstić information content (AvgIpc) is 3.13. The quantitative estimate of drug-likeness (QED) is 0.809. The normalized spacial score (nSPS) is 17.4. The van der Waals surface area contributed by atoms with Crippen LogP contribution in [0.1, 0.15) is 24.0 Å². The van der Waals surface area contributed by atoms with Gasteiger partial charge in [-0.2, -0.15) is 20.8 Å². The Kier molecular flexibility index (Phi) is 4.93. The molecular weight excluding hydrogens is 376 g/mol. The van der Waals surface area contributed by atoms with E-state index in [1.165, 1.54) is 16.7 Å². The summed E-state index contributed by atoms with van der Waals surface area (Å²) in [6, 6.07) is 18.5. The molecule has 0 atom stereocenters. The molecule has 7 heteroatoms. The molecule has 3 aliphatic rings. The van der Waals surface area contributed by atoms with Gasteiger partial charge in [-0.1, -0.05) is 42.5 Å². The van der Waals surface area contributed by atoms with Crippen molar-refractivity contribution in [3.63, 3.8) is 0 Å². The lowest BCUT2D eigenvalue weighted by Crippen LogP contribution is -2.37. The molecule has 2 aromatic carbocycles. The Balaban J connectivity index is 1.44. The summed E-state index contributed by atoms with van der Waals surface area (Å²) in [4.78, 5) is 0. The average molecular weight is 400 g/mol. The van der Waals surface area contributed by atoms with E-state index in [9.17, 15) is 0 Å². The Morgan fingerprint density at radius 1 is 1.00 bits per heavy atom. The maximum Gasteiger partial charge on any atom is 0.174 e. The molecule has 0 aromatic heterocycles. The number of hydrazone groups is 3. The SMILES string of the molecule is COc1ccc(CN2CC3=C4C(=NNN=C4C(NCc4ccccc4)=N2)CC3)cc1. The number of ether oxygens (including phenoxy) is 1. The largest absolute Gasteiger partial charge is 0.497 e. The molecule has 0 fully saturated rings. The van der Waals surface area contributed by atoms with Gasteiger partial charge in [0.05, 0.1) is 25.9 Å². The predicted octanol–water partition coefficient (Wildman–Crippen LogP) is 3.02. The van der Waals surface area contributed by atoms with E-state index in [1.54, 1.807) is 7.11 Å². The van der Waals surface area contributed by atoms with Crippen LogP contribution in [0.4, 0.5) is 0 Å². The zero-order chi connectivity index (χ0) is 20.3. The third kappa shape index (κ3) is 3.66. The minimum absolute atomic E-state index is 0.685. The molecular formula is C23H24N6O. The molecule has 2 aliphatic heterocycles. The van der Waals surface area contributed by atoms with Gasteiger partial charge in [-0.25, -0.2) is 0 Å². The third-order valence-electron chi connectivity index (χ3n) is 5.56. The van der Waals surface area contributed by atoms with Gasteiger partial charge in [-0.15, -0.1) is 0 Å². The van der Waals surface area contributed by atoms with E-state index in [4.69, 9.17) is 9.84 Å². The molecule has 0 unspecified atom stereocenters. The molecule has 2 heterocycles. The highest BCUT2D eigenvalue weighted by molar-refractivity contribution is 6.54. The van der Waals surface area contributed by atoms with Gasteiger partial charge in [-0.05, 0) is 41.7 Å². The van der Waals surface area contributed by atoms with Crippen molar-refractivity contribution in [2.45, 2.75) is 25.9 Å². The van der Waals surface area contributed by atoms with Gasteiger partial charge in [0.2, 0.25) is 0 Å². The first-order valence-electron chi connectivity index (χ1n) is 10.2. The zero-order valence-electron chi connectivity index (χ0n) is 16.9. The number of amidine groups is 1. The van der Waals surface area contributed by atoms with Crippen molar-refractivity contribution in [2.75, 3.05) is 13.7 Å². The Morgan fingerprint density at radius 2 is 1.83 bits per heavy atom. The summed E-state index contributed by atoms with van der Waals surface area (Å²) in [6.07, 6.45) is 1.94. The molecule has 2 aromatic rings. The van der Waals surface area contributed by atoms with Crippen LogP contribution >= 0.6 is 0 Å². The number of nitrogens with one attached hydrogen (secondary N) is 2. The van der Waals surface area contributed by atoms with Crippen LogP contribution in [-0.4, -0.2) is 35.9 Å². The highest BCUT2D eigenvalue weighted by atomic mass is 16.5. The first kappa shape index (κ1) is 18.4. The Labute approximate surface area is 175 Å². The maximum absolute atomic E-state index is 5.28. The molecule has 5 rings (SSSR count). The molecule has 0 spiro atoms. The van der Waals surface area contributed by atoms with E-state index >= 15 is 0 Å². The molecule has 1 aliphatic carbocycles. The van der Waals surface area contributed by atoms with Crippen LogP contribution in [0, 0.1) is 0 Å². The third-order valence-corrected chi connectivity index (χ3v) is 5.56. The van der Waals surface area contributed by atoms with Crippen molar-refractivity contribution in [1.29, 1.82) is 0 Å². The molecule has 0 radical (unpaired) electrons. The summed E-state index contributed by atoms with van der Waals surface area (Å²) >= 11 is 0. The van der Waals surface area contributed by atoms with Crippen molar-refractivity contribution in [3.8, 4) is 5.75 Å². The van der Waals surface area contributed by atoms with Gasteiger partial charge in [0.1, 0.15) is 11.5 Å². The smallest absolute Gasteiger partial charge is 0.174 e. The van der Waals surface area contributed by atoms with E-state index in [2.05, 4.69) is 50.3 Å². The van der Waals surface area contributed by atoms with E-state index in [0.29, 0.717) is 13.1 Å². The van der Waals surface area contributed by atoms with Crippen LogP contribution in [0.5, 0.6) is 5.75 Å². The second-order valence-electron chi connectivity index (χ2n) is 7.56.